The number of anilines is 2. The van der Waals surface area contributed by atoms with Gasteiger partial charge in [0.15, 0.2) is 0 Å². The van der Waals surface area contributed by atoms with Crippen molar-refractivity contribution in [3.05, 3.63) is 72.0 Å². The van der Waals surface area contributed by atoms with Crippen molar-refractivity contribution in [3.63, 3.8) is 0 Å². The van der Waals surface area contributed by atoms with E-state index in [2.05, 4.69) is 47.9 Å². The van der Waals surface area contributed by atoms with Crippen LogP contribution in [0.4, 0.5) is 15.8 Å². The lowest BCUT2D eigenvalue weighted by Crippen LogP contribution is -1.98. The summed E-state index contributed by atoms with van der Waals surface area (Å²) in [7, 11) is 0. The van der Waals surface area contributed by atoms with Crippen LogP contribution >= 0.6 is 0 Å². The summed E-state index contributed by atoms with van der Waals surface area (Å²) in [5.41, 5.74) is 7.96. The smallest absolute Gasteiger partial charge is 0.123 e. The van der Waals surface area contributed by atoms with Crippen molar-refractivity contribution in [1.29, 1.82) is 0 Å². The molecule has 114 valence electrons. The number of hydrogen-bond donors (Lipinski definition) is 2. The predicted molar refractivity (Wildman–Crippen MR) is 94.1 cm³/mol. The molecule has 0 radical (unpaired) electrons. The zero-order valence-corrected chi connectivity index (χ0v) is 12.9. The molecule has 0 unspecified atom stereocenters. The van der Waals surface area contributed by atoms with Crippen LogP contribution in [0.25, 0.3) is 22.3 Å². The third-order valence-electron chi connectivity index (χ3n) is 4.29. The highest BCUT2D eigenvalue weighted by Gasteiger charge is 2.14. The lowest BCUT2D eigenvalue weighted by Gasteiger charge is -2.14. The van der Waals surface area contributed by atoms with Crippen LogP contribution in [0.1, 0.15) is 5.56 Å². The fourth-order valence-electron chi connectivity index (χ4n) is 3.16. The molecule has 0 fully saturated rings. The van der Waals surface area contributed by atoms with Crippen molar-refractivity contribution in [1.82, 2.24) is 0 Å². The van der Waals surface area contributed by atoms with E-state index in [9.17, 15) is 4.39 Å². The fourth-order valence-corrected chi connectivity index (χ4v) is 3.16. The Labute approximate surface area is 135 Å². The fraction of sp³-hybridized carbons (Fsp3) is 0.100. The third kappa shape index (κ3) is 2.44. The number of hydrogen-bond acceptors (Lipinski definition) is 2. The number of nitrogens with one attached hydrogen (secondary N) is 2. The first kappa shape index (κ1) is 13.8. The summed E-state index contributed by atoms with van der Waals surface area (Å²) < 4.78 is 13.2. The van der Waals surface area contributed by atoms with Gasteiger partial charge in [-0.3, -0.25) is 0 Å². The van der Waals surface area contributed by atoms with E-state index in [0.717, 1.165) is 34.7 Å². The first-order valence-corrected chi connectivity index (χ1v) is 7.70. The van der Waals surface area contributed by atoms with Gasteiger partial charge in [0, 0.05) is 0 Å². The topological polar surface area (TPSA) is 24.1 Å². The first-order valence-electron chi connectivity index (χ1n) is 7.70. The van der Waals surface area contributed by atoms with Crippen molar-refractivity contribution >= 4 is 11.4 Å². The van der Waals surface area contributed by atoms with Crippen LogP contribution in [-0.4, -0.2) is 6.67 Å². The van der Waals surface area contributed by atoms with E-state index >= 15 is 0 Å². The number of rotatable bonds is 2. The maximum absolute atomic E-state index is 13.2. The molecule has 2 nitrogen and oxygen atoms in total. The van der Waals surface area contributed by atoms with Crippen LogP contribution in [0, 0.1) is 12.7 Å². The largest absolute Gasteiger partial charge is 0.366 e. The molecule has 0 saturated heterocycles. The molecule has 1 aliphatic heterocycles. The Balaban J connectivity index is 1.89. The van der Waals surface area contributed by atoms with Gasteiger partial charge in [-0.05, 0) is 59.0 Å². The average molecular weight is 304 g/mol. The number of aryl methyl sites for hydroxylation is 1. The van der Waals surface area contributed by atoms with E-state index in [1.165, 1.54) is 23.3 Å². The van der Waals surface area contributed by atoms with Crippen LogP contribution in [0.5, 0.6) is 0 Å². The minimum Gasteiger partial charge on any atom is -0.366 e. The minimum atomic E-state index is -0.212. The summed E-state index contributed by atoms with van der Waals surface area (Å²) >= 11 is 0. The number of halogens is 1. The van der Waals surface area contributed by atoms with Crippen molar-refractivity contribution in [2.45, 2.75) is 6.92 Å². The van der Waals surface area contributed by atoms with Crippen molar-refractivity contribution in [2.24, 2.45) is 0 Å². The maximum Gasteiger partial charge on any atom is 0.123 e. The first-order chi connectivity index (χ1) is 11.2. The lowest BCUT2D eigenvalue weighted by atomic mass is 9.91. The van der Waals surface area contributed by atoms with Gasteiger partial charge in [0.05, 0.1) is 18.0 Å². The zero-order chi connectivity index (χ0) is 15.8. The van der Waals surface area contributed by atoms with Crippen LogP contribution in [0.15, 0.2) is 60.7 Å². The van der Waals surface area contributed by atoms with Gasteiger partial charge >= 0.3 is 0 Å². The molecule has 1 heterocycles. The van der Waals surface area contributed by atoms with E-state index < -0.39 is 0 Å². The number of fused-ring (bicyclic) bond motifs is 1. The summed E-state index contributed by atoms with van der Waals surface area (Å²) in [5.74, 6) is -0.212. The second-order valence-electron chi connectivity index (χ2n) is 5.80. The van der Waals surface area contributed by atoms with Gasteiger partial charge in [-0.25, -0.2) is 4.39 Å². The summed E-state index contributed by atoms with van der Waals surface area (Å²) in [6.07, 6.45) is 0. The Kier molecular flexibility index (Phi) is 3.27. The Hall–Kier alpha value is -2.81. The molecule has 1 aliphatic rings. The lowest BCUT2D eigenvalue weighted by molar-refractivity contribution is 0.628. The summed E-state index contributed by atoms with van der Waals surface area (Å²) in [5, 5.41) is 6.63. The Morgan fingerprint density at radius 2 is 1.57 bits per heavy atom. The molecule has 4 rings (SSSR count). The van der Waals surface area contributed by atoms with Gasteiger partial charge < -0.3 is 10.6 Å². The SMILES string of the molecule is Cc1cccc(-c2ccc(F)cc2)c1-c1ccc2c(c1)NCN2. The highest BCUT2D eigenvalue weighted by Crippen LogP contribution is 2.38. The summed E-state index contributed by atoms with van der Waals surface area (Å²) in [4.78, 5) is 0. The average Bonchev–Trinajstić information content (AvgIpc) is 3.03. The van der Waals surface area contributed by atoms with Crippen molar-refractivity contribution in [3.8, 4) is 22.3 Å². The van der Waals surface area contributed by atoms with Gasteiger partial charge in [-0.15, -0.1) is 0 Å². The molecule has 23 heavy (non-hydrogen) atoms. The van der Waals surface area contributed by atoms with Crippen molar-refractivity contribution in [2.75, 3.05) is 17.3 Å². The van der Waals surface area contributed by atoms with Crippen LogP contribution in [0.2, 0.25) is 0 Å². The molecule has 0 aliphatic carbocycles. The molecule has 3 aromatic carbocycles. The molecule has 0 amide bonds. The zero-order valence-electron chi connectivity index (χ0n) is 12.9. The summed E-state index contributed by atoms with van der Waals surface area (Å²) in [6, 6.07) is 19.3. The highest BCUT2D eigenvalue weighted by atomic mass is 19.1. The van der Waals surface area contributed by atoms with E-state index in [-0.39, 0.29) is 5.82 Å². The van der Waals surface area contributed by atoms with E-state index in [4.69, 9.17) is 0 Å². The summed E-state index contributed by atoms with van der Waals surface area (Å²) in [6.45, 7) is 2.87. The molecular formula is C20H17FN2. The highest BCUT2D eigenvalue weighted by molar-refractivity contribution is 5.89. The Bertz CT molecular complexity index is 869. The Morgan fingerprint density at radius 3 is 2.39 bits per heavy atom. The maximum atomic E-state index is 13.2. The monoisotopic (exact) mass is 304 g/mol. The molecule has 3 aromatic rings. The molecule has 2 N–H and O–H groups in total. The normalized spacial score (nSPS) is 12.4. The van der Waals surface area contributed by atoms with Crippen LogP contribution in [-0.2, 0) is 0 Å². The van der Waals surface area contributed by atoms with Gasteiger partial charge in [0.1, 0.15) is 5.82 Å². The third-order valence-corrected chi connectivity index (χ3v) is 4.29. The molecular weight excluding hydrogens is 287 g/mol. The quantitative estimate of drug-likeness (QED) is 0.674. The van der Waals surface area contributed by atoms with Crippen LogP contribution in [0.3, 0.4) is 0 Å². The van der Waals surface area contributed by atoms with Gasteiger partial charge in [-0.2, -0.15) is 0 Å². The second kappa shape index (κ2) is 5.43. The number of benzene rings is 3. The van der Waals surface area contributed by atoms with Gasteiger partial charge in [0.2, 0.25) is 0 Å². The standard InChI is InChI=1S/C20H17FN2/c1-13-3-2-4-17(14-5-8-16(21)9-6-14)20(13)15-7-10-18-19(11-15)23-12-22-18/h2-11,22-23H,12H2,1H3. The molecule has 0 bridgehead atoms. The molecule has 0 saturated carbocycles. The van der Waals surface area contributed by atoms with Crippen LogP contribution < -0.4 is 10.6 Å². The molecule has 0 aromatic heterocycles. The van der Waals surface area contributed by atoms with Crippen molar-refractivity contribution < 1.29 is 4.39 Å². The second-order valence-corrected chi connectivity index (χ2v) is 5.80. The van der Waals surface area contributed by atoms with E-state index in [0.29, 0.717) is 0 Å². The van der Waals surface area contributed by atoms with E-state index in [1.807, 2.05) is 18.2 Å². The predicted octanol–water partition coefficient (Wildman–Crippen LogP) is 5.26. The van der Waals surface area contributed by atoms with E-state index in [1.54, 1.807) is 0 Å². The molecule has 3 heteroatoms. The Morgan fingerprint density at radius 1 is 0.826 bits per heavy atom. The van der Waals surface area contributed by atoms with Gasteiger partial charge in [-0.1, -0.05) is 36.4 Å². The molecule has 0 atom stereocenters. The molecule has 0 spiro atoms. The minimum absolute atomic E-state index is 0.212. The van der Waals surface area contributed by atoms with Gasteiger partial charge in [0.25, 0.3) is 0 Å².